The van der Waals surface area contributed by atoms with E-state index in [0.717, 1.165) is 0 Å². The first kappa shape index (κ1) is 44.2. The Morgan fingerprint density at radius 1 is 0.292 bits per heavy atom. The molecule has 0 saturated heterocycles. The van der Waals surface area contributed by atoms with Crippen molar-refractivity contribution in [3.05, 3.63) is 0 Å². The molecule has 0 aliphatic heterocycles. The van der Waals surface area contributed by atoms with Gasteiger partial charge < -0.3 is 28.4 Å². The molecule has 14 heteroatoms. The number of Topliss-reactive ketones (excluding diaryl/α,β-unsaturated/α-hetero) is 2. The molecule has 0 spiro atoms. The Kier molecular flexibility index (Phi) is 15.2. The quantitative estimate of drug-likeness (QED) is 0.0933. The first-order valence-corrected chi connectivity index (χ1v) is 15.6. The molecule has 14 nitrogen and oxygen atoms in total. The van der Waals surface area contributed by atoms with Crippen molar-refractivity contribution < 1.29 is 66.8 Å². The molecule has 0 fully saturated rings. The Hall–Kier alpha value is -3.84. The molecule has 0 aliphatic rings. The summed E-state index contributed by atoms with van der Waals surface area (Å²) in [5, 5.41) is 0. The van der Waals surface area contributed by atoms with Crippen LogP contribution in [0.2, 0.25) is 0 Å². The van der Waals surface area contributed by atoms with E-state index < -0.39 is 81.5 Å². The van der Waals surface area contributed by atoms with Gasteiger partial charge in [-0.2, -0.15) is 0 Å². The summed E-state index contributed by atoms with van der Waals surface area (Å²) in [6.07, 6.45) is 0. The van der Waals surface area contributed by atoms with Gasteiger partial charge in [0.25, 0.3) is 0 Å². The second-order valence-electron chi connectivity index (χ2n) is 15.5. The monoisotopic (exact) mass is 686 g/mol. The second kappa shape index (κ2) is 16.5. The first-order valence-electron chi connectivity index (χ1n) is 15.6. The van der Waals surface area contributed by atoms with Crippen molar-refractivity contribution in [1.29, 1.82) is 0 Å². The number of ether oxygens (including phenoxy) is 6. The lowest BCUT2D eigenvalue weighted by molar-refractivity contribution is -0.178. The number of ketones is 2. The number of hydrogen-bond donors (Lipinski definition) is 0. The van der Waals surface area contributed by atoms with Crippen molar-refractivity contribution in [3.63, 3.8) is 0 Å². The van der Waals surface area contributed by atoms with E-state index in [0.29, 0.717) is 0 Å². The Bertz CT molecular complexity index is 1140. The van der Waals surface area contributed by atoms with Gasteiger partial charge in [0.1, 0.15) is 50.5 Å². The molecule has 0 aliphatic carbocycles. The minimum absolute atomic E-state index is 0.318. The van der Waals surface area contributed by atoms with Crippen LogP contribution in [-0.4, -0.2) is 87.0 Å². The fourth-order valence-electron chi connectivity index (χ4n) is 4.12. The summed E-state index contributed by atoms with van der Waals surface area (Å²) in [6, 6.07) is 0. The van der Waals surface area contributed by atoms with Gasteiger partial charge in [0.05, 0.1) is 0 Å². The van der Waals surface area contributed by atoms with Gasteiger partial charge in [0.15, 0.2) is 22.4 Å². The fraction of sp³-hybridized carbons (Fsp3) is 0.765. The number of rotatable bonds is 17. The van der Waals surface area contributed by atoms with Crippen LogP contribution in [-0.2, 0) is 66.8 Å². The Labute approximate surface area is 283 Å². The first-order chi connectivity index (χ1) is 21.5. The predicted molar refractivity (Wildman–Crippen MR) is 170 cm³/mol. The van der Waals surface area contributed by atoms with Crippen LogP contribution in [0.1, 0.15) is 96.9 Å². The maximum absolute atomic E-state index is 12.5. The summed E-state index contributed by atoms with van der Waals surface area (Å²) < 4.78 is 30.4. The summed E-state index contributed by atoms with van der Waals surface area (Å²) >= 11 is 0. The van der Waals surface area contributed by atoms with E-state index in [1.54, 1.807) is 41.5 Å². The molecule has 0 amide bonds. The predicted octanol–water partition coefficient (Wildman–Crippen LogP) is 3.58. The zero-order chi connectivity index (χ0) is 38.1. The van der Waals surface area contributed by atoms with Crippen molar-refractivity contribution in [1.82, 2.24) is 0 Å². The van der Waals surface area contributed by atoms with Crippen molar-refractivity contribution in [2.75, 3.05) is 39.6 Å². The smallest absolute Gasteiger partial charge is 0.323 e. The highest BCUT2D eigenvalue weighted by molar-refractivity contribution is 6.06. The standard InChI is InChI=1S/C34H54O14/c1-29(2,3)21(35)31(7,8)23(37)43-15-17-45-25(39)33(11,12)27(41)47-19-20-48-28(42)34(13,14)26(40)46-18-16-44-24(38)32(9,10)22(36)30(4,5)6/h15-20H2,1-14H3. The van der Waals surface area contributed by atoms with E-state index in [9.17, 15) is 38.4 Å². The van der Waals surface area contributed by atoms with Crippen LogP contribution in [0.4, 0.5) is 0 Å². The SMILES string of the molecule is CC(C)(C)C(=O)C(C)(C)C(=O)OCCOC(=O)C(C)(C)C(=O)OCCOC(=O)C(C)(C)C(=O)OCCOC(=O)C(C)(C)C(=O)C(C)(C)C. The van der Waals surface area contributed by atoms with Crippen LogP contribution in [0.5, 0.6) is 0 Å². The molecule has 0 unspecified atom stereocenters. The minimum atomic E-state index is -1.77. The van der Waals surface area contributed by atoms with E-state index in [1.165, 1.54) is 55.4 Å². The van der Waals surface area contributed by atoms with Gasteiger partial charge in [-0.1, -0.05) is 41.5 Å². The maximum atomic E-state index is 12.5. The number of carbonyl (C=O) groups excluding carboxylic acids is 8. The molecule has 274 valence electrons. The highest BCUT2D eigenvalue weighted by Crippen LogP contribution is 2.31. The number of esters is 6. The van der Waals surface area contributed by atoms with E-state index in [4.69, 9.17) is 28.4 Å². The molecule has 0 aromatic heterocycles. The summed E-state index contributed by atoms with van der Waals surface area (Å²) in [5.74, 6) is -6.11. The fourth-order valence-corrected chi connectivity index (χ4v) is 4.12. The van der Waals surface area contributed by atoms with Crippen molar-refractivity contribution >= 4 is 47.4 Å². The van der Waals surface area contributed by atoms with E-state index in [2.05, 4.69) is 0 Å². The average Bonchev–Trinajstić information content (AvgIpc) is 2.96. The summed E-state index contributed by atoms with van der Waals surface area (Å²) in [7, 11) is 0. The number of carbonyl (C=O) groups is 8. The van der Waals surface area contributed by atoms with Gasteiger partial charge in [-0.3, -0.25) is 38.4 Å². The van der Waals surface area contributed by atoms with Crippen molar-refractivity contribution in [3.8, 4) is 0 Å². The van der Waals surface area contributed by atoms with Gasteiger partial charge in [-0.25, -0.2) is 0 Å². The second-order valence-corrected chi connectivity index (χ2v) is 15.5. The van der Waals surface area contributed by atoms with Gasteiger partial charge >= 0.3 is 35.8 Å². The molecule has 0 N–H and O–H groups in total. The molecule has 48 heavy (non-hydrogen) atoms. The molecule has 0 bridgehead atoms. The summed E-state index contributed by atoms with van der Waals surface area (Å²) in [6.45, 7) is 18.6. The van der Waals surface area contributed by atoms with Crippen molar-refractivity contribution in [2.24, 2.45) is 32.5 Å². The molecular weight excluding hydrogens is 632 g/mol. The number of hydrogen-bond acceptors (Lipinski definition) is 14. The molecule has 0 saturated carbocycles. The molecule has 0 aromatic rings. The Morgan fingerprint density at radius 3 is 0.583 bits per heavy atom. The van der Waals surface area contributed by atoms with Gasteiger partial charge in [0.2, 0.25) is 0 Å². The van der Waals surface area contributed by atoms with Crippen LogP contribution < -0.4 is 0 Å². The van der Waals surface area contributed by atoms with E-state index in [-0.39, 0.29) is 38.0 Å². The average molecular weight is 687 g/mol. The van der Waals surface area contributed by atoms with Gasteiger partial charge in [0, 0.05) is 10.8 Å². The largest absolute Gasteiger partial charge is 0.461 e. The van der Waals surface area contributed by atoms with Crippen LogP contribution >= 0.6 is 0 Å². The van der Waals surface area contributed by atoms with Crippen molar-refractivity contribution in [2.45, 2.75) is 96.9 Å². The maximum Gasteiger partial charge on any atom is 0.323 e. The summed E-state index contributed by atoms with van der Waals surface area (Å²) in [4.78, 5) is 99.9. The third-order valence-corrected chi connectivity index (χ3v) is 7.21. The lowest BCUT2D eigenvalue weighted by Gasteiger charge is -2.28. The van der Waals surface area contributed by atoms with Gasteiger partial charge in [-0.15, -0.1) is 0 Å². The van der Waals surface area contributed by atoms with Crippen LogP contribution in [0, 0.1) is 32.5 Å². The molecule has 0 heterocycles. The Morgan fingerprint density at radius 2 is 0.438 bits per heavy atom. The minimum Gasteiger partial charge on any atom is -0.461 e. The lowest BCUT2D eigenvalue weighted by Crippen LogP contribution is -2.42. The topological polar surface area (TPSA) is 192 Å². The van der Waals surface area contributed by atoms with Crippen LogP contribution in [0.3, 0.4) is 0 Å². The van der Waals surface area contributed by atoms with Gasteiger partial charge in [-0.05, 0) is 55.4 Å². The normalized spacial score (nSPS) is 12.7. The van der Waals surface area contributed by atoms with E-state index >= 15 is 0 Å². The highest BCUT2D eigenvalue weighted by Gasteiger charge is 2.45. The zero-order valence-corrected chi connectivity index (χ0v) is 31.0. The molecule has 0 radical (unpaired) electrons. The third kappa shape index (κ3) is 12.0. The molecule has 0 aromatic carbocycles. The molecular formula is C34H54O14. The Balaban J connectivity index is 4.69. The van der Waals surface area contributed by atoms with Crippen LogP contribution in [0.25, 0.3) is 0 Å². The molecule has 0 atom stereocenters. The highest BCUT2D eigenvalue weighted by atomic mass is 16.6. The van der Waals surface area contributed by atoms with Crippen LogP contribution in [0.15, 0.2) is 0 Å². The third-order valence-electron chi connectivity index (χ3n) is 7.21. The van der Waals surface area contributed by atoms with E-state index in [1.807, 2.05) is 0 Å². The zero-order valence-electron chi connectivity index (χ0n) is 31.0. The summed E-state index contributed by atoms with van der Waals surface area (Å²) in [5.41, 5.74) is -7.89. The lowest BCUT2D eigenvalue weighted by atomic mass is 9.75. The molecule has 0 rings (SSSR count).